The Morgan fingerprint density at radius 3 is 2.78 bits per heavy atom. The zero-order valence-corrected chi connectivity index (χ0v) is 18.6. The smallest absolute Gasteiger partial charge is 0.224 e. The number of ether oxygens (including phenoxy) is 1. The summed E-state index contributed by atoms with van der Waals surface area (Å²) in [6, 6.07) is 0. The van der Waals surface area contributed by atoms with Crippen LogP contribution in [0.1, 0.15) is 37.9 Å². The van der Waals surface area contributed by atoms with Crippen molar-refractivity contribution in [2.24, 2.45) is 12.0 Å². The number of carbonyl (C=O) groups is 1. The SMILES string of the molecule is CCNC(=NCCC(=O)N1CCCC1)N1CCOC(c2cnn(C)c2)C1.I. The second kappa shape index (κ2) is 10.8. The molecule has 8 nitrogen and oxygen atoms in total. The minimum atomic E-state index is -0.00691. The first-order chi connectivity index (χ1) is 12.7. The molecule has 0 aliphatic carbocycles. The van der Waals surface area contributed by atoms with E-state index >= 15 is 0 Å². The van der Waals surface area contributed by atoms with Gasteiger partial charge < -0.3 is 19.9 Å². The van der Waals surface area contributed by atoms with Gasteiger partial charge in [-0.05, 0) is 19.8 Å². The molecule has 2 saturated heterocycles. The van der Waals surface area contributed by atoms with E-state index in [-0.39, 0.29) is 36.0 Å². The molecular weight excluding hydrogens is 459 g/mol. The van der Waals surface area contributed by atoms with Crippen LogP contribution in [0.2, 0.25) is 0 Å². The van der Waals surface area contributed by atoms with Gasteiger partial charge in [0.15, 0.2) is 5.96 Å². The summed E-state index contributed by atoms with van der Waals surface area (Å²) in [6.45, 7) is 7.36. The molecule has 27 heavy (non-hydrogen) atoms. The van der Waals surface area contributed by atoms with Crippen LogP contribution in [0.15, 0.2) is 17.4 Å². The van der Waals surface area contributed by atoms with Crippen LogP contribution < -0.4 is 5.32 Å². The summed E-state index contributed by atoms with van der Waals surface area (Å²) < 4.78 is 7.70. The lowest BCUT2D eigenvalue weighted by Crippen LogP contribution is -2.48. The van der Waals surface area contributed by atoms with Crippen molar-refractivity contribution in [2.45, 2.75) is 32.3 Å². The molecular formula is C18H31IN6O2. The highest BCUT2D eigenvalue weighted by atomic mass is 127. The number of aryl methyl sites for hydroxylation is 1. The van der Waals surface area contributed by atoms with Crippen molar-refractivity contribution in [2.75, 3.05) is 45.9 Å². The molecule has 3 rings (SSSR count). The molecule has 0 bridgehead atoms. The Labute approximate surface area is 178 Å². The van der Waals surface area contributed by atoms with Gasteiger partial charge in [0, 0.05) is 51.4 Å². The van der Waals surface area contributed by atoms with Gasteiger partial charge in [-0.1, -0.05) is 0 Å². The van der Waals surface area contributed by atoms with Gasteiger partial charge >= 0.3 is 0 Å². The van der Waals surface area contributed by atoms with Crippen LogP contribution in [0.5, 0.6) is 0 Å². The number of rotatable bonds is 5. The van der Waals surface area contributed by atoms with Gasteiger partial charge in [0.2, 0.25) is 5.91 Å². The number of aromatic nitrogens is 2. The minimum absolute atomic E-state index is 0. The number of halogens is 1. The van der Waals surface area contributed by atoms with Crippen LogP contribution in [0.3, 0.4) is 0 Å². The predicted octanol–water partition coefficient (Wildman–Crippen LogP) is 1.39. The third kappa shape index (κ3) is 6.06. The van der Waals surface area contributed by atoms with E-state index < -0.39 is 0 Å². The van der Waals surface area contributed by atoms with E-state index in [1.807, 2.05) is 24.3 Å². The highest BCUT2D eigenvalue weighted by molar-refractivity contribution is 14.0. The van der Waals surface area contributed by atoms with Crippen molar-refractivity contribution < 1.29 is 9.53 Å². The molecule has 2 fully saturated rings. The zero-order chi connectivity index (χ0) is 18.4. The molecule has 152 valence electrons. The number of hydrogen-bond acceptors (Lipinski definition) is 4. The summed E-state index contributed by atoms with van der Waals surface area (Å²) in [5.41, 5.74) is 1.08. The van der Waals surface area contributed by atoms with Gasteiger partial charge in [0.1, 0.15) is 6.10 Å². The largest absolute Gasteiger partial charge is 0.370 e. The van der Waals surface area contributed by atoms with E-state index in [4.69, 9.17) is 4.74 Å². The summed E-state index contributed by atoms with van der Waals surface area (Å²) in [7, 11) is 1.91. The van der Waals surface area contributed by atoms with E-state index in [1.165, 1.54) is 0 Å². The molecule has 0 radical (unpaired) electrons. The fourth-order valence-corrected chi connectivity index (χ4v) is 3.46. The van der Waals surface area contributed by atoms with E-state index in [0.29, 0.717) is 19.6 Å². The van der Waals surface area contributed by atoms with E-state index in [2.05, 4.69) is 27.2 Å². The van der Waals surface area contributed by atoms with E-state index in [1.54, 1.807) is 4.68 Å². The monoisotopic (exact) mass is 490 g/mol. The second-order valence-corrected chi connectivity index (χ2v) is 6.83. The lowest BCUT2D eigenvalue weighted by Gasteiger charge is -2.34. The number of hydrogen-bond donors (Lipinski definition) is 1. The van der Waals surface area contributed by atoms with Gasteiger partial charge in [0.25, 0.3) is 0 Å². The van der Waals surface area contributed by atoms with Crippen LogP contribution in [-0.2, 0) is 16.6 Å². The highest BCUT2D eigenvalue weighted by Gasteiger charge is 2.25. The summed E-state index contributed by atoms with van der Waals surface area (Å²) >= 11 is 0. The van der Waals surface area contributed by atoms with Crippen LogP contribution >= 0.6 is 24.0 Å². The molecule has 0 aromatic carbocycles. The topological polar surface area (TPSA) is 75.0 Å². The van der Waals surface area contributed by atoms with Crippen molar-refractivity contribution in [3.8, 4) is 0 Å². The Balaban J connectivity index is 0.00000261. The molecule has 1 atom stereocenters. The molecule has 2 aliphatic heterocycles. The Hall–Kier alpha value is -1.36. The minimum Gasteiger partial charge on any atom is -0.370 e. The molecule has 1 aromatic rings. The Kier molecular flexibility index (Phi) is 8.81. The predicted molar refractivity (Wildman–Crippen MR) is 115 cm³/mol. The Morgan fingerprint density at radius 2 is 2.11 bits per heavy atom. The average molecular weight is 490 g/mol. The average Bonchev–Trinajstić information content (AvgIpc) is 3.33. The number of nitrogens with one attached hydrogen (secondary N) is 1. The van der Waals surface area contributed by atoms with Crippen LogP contribution in [0.25, 0.3) is 0 Å². The normalized spacial score (nSPS) is 20.5. The lowest BCUT2D eigenvalue weighted by atomic mass is 10.1. The molecule has 0 spiro atoms. The molecule has 0 saturated carbocycles. The fourth-order valence-electron chi connectivity index (χ4n) is 3.46. The number of guanidine groups is 1. The first kappa shape index (κ1) is 21.9. The zero-order valence-electron chi connectivity index (χ0n) is 16.3. The summed E-state index contributed by atoms with van der Waals surface area (Å²) in [6.07, 6.45) is 6.57. The molecule has 9 heteroatoms. The summed E-state index contributed by atoms with van der Waals surface area (Å²) in [4.78, 5) is 21.1. The number of morpholine rings is 1. The van der Waals surface area contributed by atoms with Gasteiger partial charge in [-0.2, -0.15) is 5.10 Å². The molecule has 1 amide bonds. The summed E-state index contributed by atoms with van der Waals surface area (Å²) in [5.74, 6) is 1.08. The number of nitrogens with zero attached hydrogens (tertiary/aromatic N) is 5. The molecule has 2 aliphatic rings. The standard InChI is InChI=1S/C18H30N6O2.HI/c1-3-19-18(20-7-6-17(25)23-8-4-5-9-23)24-10-11-26-16(14-24)15-12-21-22(2)13-15;/h12-13,16H,3-11,14H2,1-2H3,(H,19,20);1H. The van der Waals surface area contributed by atoms with Crippen molar-refractivity contribution >= 4 is 35.8 Å². The molecule has 3 heterocycles. The van der Waals surface area contributed by atoms with Crippen LogP contribution in [0, 0.1) is 0 Å². The number of aliphatic imine (C=N–C) groups is 1. The van der Waals surface area contributed by atoms with E-state index in [9.17, 15) is 4.79 Å². The van der Waals surface area contributed by atoms with Crippen molar-refractivity contribution in [3.63, 3.8) is 0 Å². The van der Waals surface area contributed by atoms with Crippen molar-refractivity contribution in [1.82, 2.24) is 24.9 Å². The van der Waals surface area contributed by atoms with E-state index in [0.717, 1.165) is 57.1 Å². The van der Waals surface area contributed by atoms with Gasteiger partial charge in [0.05, 0.1) is 25.9 Å². The maximum Gasteiger partial charge on any atom is 0.224 e. The maximum absolute atomic E-state index is 12.2. The Morgan fingerprint density at radius 1 is 1.33 bits per heavy atom. The van der Waals surface area contributed by atoms with Crippen molar-refractivity contribution in [1.29, 1.82) is 0 Å². The third-order valence-corrected chi connectivity index (χ3v) is 4.84. The summed E-state index contributed by atoms with van der Waals surface area (Å²) in [5, 5.41) is 7.58. The first-order valence-corrected chi connectivity index (χ1v) is 9.58. The third-order valence-electron chi connectivity index (χ3n) is 4.84. The second-order valence-electron chi connectivity index (χ2n) is 6.83. The first-order valence-electron chi connectivity index (χ1n) is 9.58. The van der Waals surface area contributed by atoms with Crippen molar-refractivity contribution in [3.05, 3.63) is 18.0 Å². The molecule has 1 aromatic heterocycles. The van der Waals surface area contributed by atoms with Crippen LogP contribution in [0.4, 0.5) is 0 Å². The maximum atomic E-state index is 12.2. The van der Waals surface area contributed by atoms with Gasteiger partial charge in [-0.3, -0.25) is 14.5 Å². The fraction of sp³-hybridized carbons (Fsp3) is 0.722. The number of carbonyl (C=O) groups excluding carboxylic acids is 1. The number of amides is 1. The number of likely N-dealkylation sites (tertiary alicyclic amines) is 1. The molecule has 1 unspecified atom stereocenters. The quantitative estimate of drug-likeness (QED) is 0.384. The Bertz CT molecular complexity index is 629. The van der Waals surface area contributed by atoms with Gasteiger partial charge in [-0.25, -0.2) is 0 Å². The lowest BCUT2D eigenvalue weighted by molar-refractivity contribution is -0.129. The van der Waals surface area contributed by atoms with Gasteiger partial charge in [-0.15, -0.1) is 24.0 Å². The highest BCUT2D eigenvalue weighted by Crippen LogP contribution is 2.21. The van der Waals surface area contributed by atoms with Crippen LogP contribution in [-0.4, -0.2) is 77.3 Å². The molecule has 1 N–H and O–H groups in total.